The number of benzene rings is 1. The van der Waals surface area contributed by atoms with Crippen LogP contribution in [0.5, 0.6) is 0 Å². The Kier molecular flexibility index (Phi) is 5.30. The maximum absolute atomic E-state index is 13.0. The lowest BCUT2D eigenvalue weighted by Crippen LogP contribution is -2.42. The molecule has 1 amide bonds. The van der Waals surface area contributed by atoms with Crippen LogP contribution in [0.1, 0.15) is 26.3 Å². The standard InChI is InChI=1S/C14H20FNO3/c1-14(2,3)19-13(18)16-12(9-17)8-10-5-4-6-11(15)7-10/h4-7,12,17H,8-9H2,1-3H3,(H,16,18)/t12-/m1/s1. The van der Waals surface area contributed by atoms with Crippen molar-refractivity contribution in [2.24, 2.45) is 0 Å². The van der Waals surface area contributed by atoms with Crippen LogP contribution < -0.4 is 5.32 Å². The number of carbonyl (C=O) groups excluding carboxylic acids is 1. The fourth-order valence-corrected chi connectivity index (χ4v) is 1.58. The van der Waals surface area contributed by atoms with Gasteiger partial charge in [-0.1, -0.05) is 12.1 Å². The first-order valence-electron chi connectivity index (χ1n) is 6.15. The van der Waals surface area contributed by atoms with Crippen LogP contribution in [0.4, 0.5) is 9.18 Å². The molecule has 0 aliphatic heterocycles. The van der Waals surface area contributed by atoms with Gasteiger partial charge in [0.25, 0.3) is 0 Å². The van der Waals surface area contributed by atoms with Crippen LogP contribution in [0.15, 0.2) is 24.3 Å². The molecule has 0 aliphatic carbocycles. The topological polar surface area (TPSA) is 58.6 Å². The molecule has 5 heteroatoms. The number of halogens is 1. The minimum absolute atomic E-state index is 0.240. The molecule has 1 aromatic rings. The molecule has 0 unspecified atom stereocenters. The number of alkyl carbamates (subject to hydrolysis) is 1. The second-order valence-electron chi connectivity index (χ2n) is 5.36. The van der Waals surface area contributed by atoms with Crippen molar-refractivity contribution in [3.05, 3.63) is 35.6 Å². The van der Waals surface area contributed by atoms with Crippen molar-refractivity contribution in [1.29, 1.82) is 0 Å². The first-order chi connectivity index (χ1) is 8.80. The molecule has 0 radical (unpaired) electrons. The van der Waals surface area contributed by atoms with Crippen LogP contribution in [0.25, 0.3) is 0 Å². The van der Waals surface area contributed by atoms with Crippen LogP contribution >= 0.6 is 0 Å². The summed E-state index contributed by atoms with van der Waals surface area (Å²) in [5.41, 5.74) is 0.110. The maximum atomic E-state index is 13.0. The van der Waals surface area contributed by atoms with Gasteiger partial charge in [-0.3, -0.25) is 0 Å². The smallest absolute Gasteiger partial charge is 0.407 e. The lowest BCUT2D eigenvalue weighted by molar-refractivity contribution is 0.0483. The normalized spacial score (nSPS) is 12.9. The van der Waals surface area contributed by atoms with E-state index in [9.17, 15) is 14.3 Å². The van der Waals surface area contributed by atoms with E-state index in [0.29, 0.717) is 12.0 Å². The van der Waals surface area contributed by atoms with Gasteiger partial charge in [0.15, 0.2) is 0 Å². The zero-order valence-electron chi connectivity index (χ0n) is 11.4. The SMILES string of the molecule is CC(C)(C)OC(=O)N[C@@H](CO)Cc1cccc(F)c1. The Hall–Kier alpha value is -1.62. The summed E-state index contributed by atoms with van der Waals surface area (Å²) in [7, 11) is 0. The predicted octanol–water partition coefficient (Wildman–Crippen LogP) is 2.25. The molecule has 0 aromatic heterocycles. The summed E-state index contributed by atoms with van der Waals surface area (Å²) >= 11 is 0. The minimum Gasteiger partial charge on any atom is -0.444 e. The number of carbonyl (C=O) groups is 1. The Bertz CT molecular complexity index is 429. The zero-order chi connectivity index (χ0) is 14.5. The Labute approximate surface area is 112 Å². The van der Waals surface area contributed by atoms with E-state index in [1.807, 2.05) is 0 Å². The van der Waals surface area contributed by atoms with Crippen molar-refractivity contribution < 1.29 is 19.0 Å². The zero-order valence-corrected chi connectivity index (χ0v) is 11.4. The Morgan fingerprint density at radius 2 is 2.16 bits per heavy atom. The summed E-state index contributed by atoms with van der Waals surface area (Å²) in [5.74, 6) is -0.341. The van der Waals surface area contributed by atoms with Gasteiger partial charge in [0.05, 0.1) is 12.6 Å². The summed E-state index contributed by atoms with van der Waals surface area (Å²) in [6, 6.07) is 5.55. The number of rotatable bonds is 4. The number of hydrogen-bond donors (Lipinski definition) is 2. The van der Waals surface area contributed by atoms with E-state index >= 15 is 0 Å². The van der Waals surface area contributed by atoms with Crippen LogP contribution in [-0.4, -0.2) is 29.4 Å². The molecule has 0 aliphatic rings. The maximum Gasteiger partial charge on any atom is 0.407 e. The molecule has 2 N–H and O–H groups in total. The molecule has 0 heterocycles. The molecule has 19 heavy (non-hydrogen) atoms. The van der Waals surface area contributed by atoms with Crippen LogP contribution in [-0.2, 0) is 11.2 Å². The van der Waals surface area contributed by atoms with Gasteiger partial charge in [0.1, 0.15) is 11.4 Å². The van der Waals surface area contributed by atoms with E-state index in [-0.39, 0.29) is 12.4 Å². The van der Waals surface area contributed by atoms with Crippen molar-refractivity contribution in [2.45, 2.75) is 38.8 Å². The highest BCUT2D eigenvalue weighted by Crippen LogP contribution is 2.09. The van der Waals surface area contributed by atoms with Gasteiger partial charge in [-0.15, -0.1) is 0 Å². The fourth-order valence-electron chi connectivity index (χ4n) is 1.58. The molecule has 0 saturated carbocycles. The van der Waals surface area contributed by atoms with Crippen molar-refractivity contribution in [3.63, 3.8) is 0 Å². The van der Waals surface area contributed by atoms with Gasteiger partial charge in [0, 0.05) is 0 Å². The Morgan fingerprint density at radius 1 is 1.47 bits per heavy atom. The van der Waals surface area contributed by atoms with Crippen LogP contribution in [0.2, 0.25) is 0 Å². The van der Waals surface area contributed by atoms with Gasteiger partial charge in [-0.05, 0) is 44.9 Å². The lowest BCUT2D eigenvalue weighted by Gasteiger charge is -2.22. The van der Waals surface area contributed by atoms with Crippen LogP contribution in [0.3, 0.4) is 0 Å². The van der Waals surface area contributed by atoms with E-state index in [1.165, 1.54) is 12.1 Å². The largest absolute Gasteiger partial charge is 0.444 e. The molecule has 1 rings (SSSR count). The number of aliphatic hydroxyl groups excluding tert-OH is 1. The molecule has 0 bridgehead atoms. The molecule has 1 aromatic carbocycles. The van der Waals surface area contributed by atoms with Crippen LogP contribution in [0, 0.1) is 5.82 Å². The fraction of sp³-hybridized carbons (Fsp3) is 0.500. The molecule has 1 atom stereocenters. The summed E-state index contributed by atoms with van der Waals surface area (Å²) in [5, 5.41) is 11.8. The molecule has 4 nitrogen and oxygen atoms in total. The molecule has 106 valence electrons. The average Bonchev–Trinajstić information content (AvgIpc) is 2.25. The molecular weight excluding hydrogens is 249 g/mol. The van der Waals surface area contributed by atoms with Crippen molar-refractivity contribution >= 4 is 6.09 Å². The third kappa shape index (κ3) is 6.20. The average molecular weight is 269 g/mol. The summed E-state index contributed by atoms with van der Waals surface area (Å²) in [4.78, 5) is 11.6. The summed E-state index contributed by atoms with van der Waals surface area (Å²) in [6.07, 6.45) is -0.254. The highest BCUT2D eigenvalue weighted by Gasteiger charge is 2.19. The summed E-state index contributed by atoms with van der Waals surface area (Å²) in [6.45, 7) is 5.03. The third-order valence-electron chi connectivity index (χ3n) is 2.31. The van der Waals surface area contributed by atoms with E-state index in [0.717, 1.165) is 0 Å². The number of amides is 1. The van der Waals surface area contributed by atoms with Crippen molar-refractivity contribution in [1.82, 2.24) is 5.32 Å². The van der Waals surface area contributed by atoms with E-state index in [2.05, 4.69) is 5.32 Å². The van der Waals surface area contributed by atoms with Gasteiger partial charge < -0.3 is 15.2 Å². The predicted molar refractivity (Wildman–Crippen MR) is 70.3 cm³/mol. The highest BCUT2D eigenvalue weighted by molar-refractivity contribution is 5.68. The second kappa shape index (κ2) is 6.52. The number of hydrogen-bond acceptors (Lipinski definition) is 3. The number of aliphatic hydroxyl groups is 1. The van der Waals surface area contributed by atoms with E-state index in [4.69, 9.17) is 4.74 Å². The van der Waals surface area contributed by atoms with Gasteiger partial charge in [0.2, 0.25) is 0 Å². The van der Waals surface area contributed by atoms with E-state index in [1.54, 1.807) is 32.9 Å². The highest BCUT2D eigenvalue weighted by atomic mass is 19.1. The number of nitrogens with one attached hydrogen (secondary N) is 1. The Morgan fingerprint density at radius 3 is 2.68 bits per heavy atom. The number of ether oxygens (including phenoxy) is 1. The molecule has 0 spiro atoms. The first kappa shape index (κ1) is 15.4. The molecule has 0 saturated heterocycles. The summed E-state index contributed by atoms with van der Waals surface area (Å²) < 4.78 is 18.1. The quantitative estimate of drug-likeness (QED) is 0.881. The molecular formula is C14H20FNO3. The van der Waals surface area contributed by atoms with Gasteiger partial charge in [-0.2, -0.15) is 0 Å². The molecule has 0 fully saturated rings. The third-order valence-corrected chi connectivity index (χ3v) is 2.31. The van der Waals surface area contributed by atoms with Gasteiger partial charge >= 0.3 is 6.09 Å². The Balaban J connectivity index is 2.57. The first-order valence-corrected chi connectivity index (χ1v) is 6.15. The van der Waals surface area contributed by atoms with Gasteiger partial charge in [-0.25, -0.2) is 9.18 Å². The minimum atomic E-state index is -0.594. The second-order valence-corrected chi connectivity index (χ2v) is 5.36. The van der Waals surface area contributed by atoms with Crippen molar-refractivity contribution in [3.8, 4) is 0 Å². The van der Waals surface area contributed by atoms with E-state index < -0.39 is 17.7 Å². The monoisotopic (exact) mass is 269 g/mol. The van der Waals surface area contributed by atoms with Crippen molar-refractivity contribution in [2.75, 3.05) is 6.61 Å². The lowest BCUT2D eigenvalue weighted by atomic mass is 10.1.